The van der Waals surface area contributed by atoms with Gasteiger partial charge in [0.15, 0.2) is 0 Å². The zero-order valence-corrected chi connectivity index (χ0v) is 13.0. The predicted molar refractivity (Wildman–Crippen MR) is 86.7 cm³/mol. The Hall–Kier alpha value is -1.32. The number of rotatable bonds is 7. The van der Waals surface area contributed by atoms with Crippen LogP contribution < -0.4 is 5.32 Å². The summed E-state index contributed by atoms with van der Waals surface area (Å²) < 4.78 is 2.14. The second-order valence-corrected chi connectivity index (χ2v) is 6.32. The highest BCUT2D eigenvalue weighted by Gasteiger charge is 2.29. The molecule has 3 nitrogen and oxygen atoms in total. The third-order valence-corrected chi connectivity index (χ3v) is 4.53. The fraction of sp³-hybridized carbons (Fsp3) is 0.471. The van der Waals surface area contributed by atoms with Crippen LogP contribution in [0.15, 0.2) is 43.0 Å². The van der Waals surface area contributed by atoms with Crippen molar-refractivity contribution in [3.63, 3.8) is 0 Å². The van der Waals surface area contributed by atoms with E-state index in [0.29, 0.717) is 12.0 Å². The molecular formula is C17H22ClN3. The summed E-state index contributed by atoms with van der Waals surface area (Å²) in [5.41, 5.74) is 1.39. The van der Waals surface area contributed by atoms with Gasteiger partial charge in [0.2, 0.25) is 0 Å². The average molecular weight is 304 g/mol. The Morgan fingerprint density at radius 2 is 2.19 bits per heavy atom. The van der Waals surface area contributed by atoms with E-state index in [9.17, 15) is 0 Å². The number of unbranched alkanes of at least 4 members (excludes halogenated alkanes) is 1. The van der Waals surface area contributed by atoms with Gasteiger partial charge in [0, 0.05) is 30.0 Å². The second kappa shape index (κ2) is 7.10. The van der Waals surface area contributed by atoms with E-state index in [1.165, 1.54) is 31.2 Å². The lowest BCUT2D eigenvalue weighted by atomic mass is 9.76. The number of nitrogens with zero attached hydrogens (tertiary/aromatic N) is 2. The van der Waals surface area contributed by atoms with Gasteiger partial charge in [0.05, 0.1) is 6.33 Å². The van der Waals surface area contributed by atoms with Crippen LogP contribution in [0, 0.1) is 0 Å². The van der Waals surface area contributed by atoms with E-state index in [2.05, 4.69) is 33.1 Å². The Bertz CT molecular complexity index is 547. The predicted octanol–water partition coefficient (Wildman–Crippen LogP) is 3.85. The van der Waals surface area contributed by atoms with Crippen LogP contribution in [0.2, 0.25) is 5.02 Å². The minimum absolute atomic E-state index is 0.683. The van der Waals surface area contributed by atoms with Gasteiger partial charge in [0.1, 0.15) is 0 Å². The molecule has 3 rings (SSSR count). The summed E-state index contributed by atoms with van der Waals surface area (Å²) in [4.78, 5) is 4.05. The topological polar surface area (TPSA) is 29.9 Å². The van der Waals surface area contributed by atoms with Gasteiger partial charge >= 0.3 is 0 Å². The number of hydrogen-bond donors (Lipinski definition) is 1. The molecule has 0 saturated heterocycles. The van der Waals surface area contributed by atoms with Crippen molar-refractivity contribution >= 4 is 11.6 Å². The fourth-order valence-corrected chi connectivity index (χ4v) is 3.16. The highest BCUT2D eigenvalue weighted by atomic mass is 35.5. The molecule has 0 radical (unpaired) electrons. The van der Waals surface area contributed by atoms with Crippen molar-refractivity contribution in [3.8, 4) is 0 Å². The van der Waals surface area contributed by atoms with E-state index in [0.717, 1.165) is 18.1 Å². The number of imidazole rings is 1. The van der Waals surface area contributed by atoms with Gasteiger partial charge in [-0.2, -0.15) is 0 Å². The maximum atomic E-state index is 6.04. The molecule has 1 fully saturated rings. The molecule has 0 aliphatic heterocycles. The first kappa shape index (κ1) is 14.6. The van der Waals surface area contributed by atoms with Crippen LogP contribution in [0.3, 0.4) is 0 Å². The SMILES string of the molecule is Clc1cccc(C2CC(NCCCCn3ccnc3)C2)c1. The van der Waals surface area contributed by atoms with Crippen molar-refractivity contribution in [3.05, 3.63) is 53.6 Å². The van der Waals surface area contributed by atoms with Gasteiger partial charge in [0.25, 0.3) is 0 Å². The minimum atomic E-state index is 0.683. The summed E-state index contributed by atoms with van der Waals surface area (Å²) in [6.45, 7) is 2.18. The Labute approximate surface area is 131 Å². The molecule has 1 aromatic carbocycles. The molecule has 0 unspecified atom stereocenters. The van der Waals surface area contributed by atoms with Crippen molar-refractivity contribution in [1.29, 1.82) is 0 Å². The van der Waals surface area contributed by atoms with Crippen molar-refractivity contribution < 1.29 is 0 Å². The molecule has 112 valence electrons. The van der Waals surface area contributed by atoms with Crippen LogP contribution in [0.25, 0.3) is 0 Å². The van der Waals surface area contributed by atoms with E-state index < -0.39 is 0 Å². The third kappa shape index (κ3) is 4.08. The van der Waals surface area contributed by atoms with Crippen LogP contribution in [0.5, 0.6) is 0 Å². The average Bonchev–Trinajstić information content (AvgIpc) is 2.93. The zero-order chi connectivity index (χ0) is 14.5. The normalized spacial score (nSPS) is 21.2. The van der Waals surface area contributed by atoms with Gasteiger partial charge in [-0.15, -0.1) is 0 Å². The summed E-state index contributed by atoms with van der Waals surface area (Å²) >= 11 is 6.04. The van der Waals surface area contributed by atoms with Gasteiger partial charge in [-0.05, 0) is 55.8 Å². The number of hydrogen-bond acceptors (Lipinski definition) is 2. The van der Waals surface area contributed by atoms with E-state index >= 15 is 0 Å². The van der Waals surface area contributed by atoms with E-state index in [1.54, 1.807) is 0 Å². The van der Waals surface area contributed by atoms with Crippen molar-refractivity contribution in [2.45, 2.75) is 44.2 Å². The largest absolute Gasteiger partial charge is 0.337 e. The molecule has 0 spiro atoms. The van der Waals surface area contributed by atoms with Crippen LogP contribution in [0.1, 0.15) is 37.2 Å². The van der Waals surface area contributed by atoms with Crippen LogP contribution in [0.4, 0.5) is 0 Å². The summed E-state index contributed by atoms with van der Waals surface area (Å²) in [5, 5.41) is 4.51. The number of aryl methyl sites for hydroxylation is 1. The van der Waals surface area contributed by atoms with Crippen molar-refractivity contribution in [1.82, 2.24) is 14.9 Å². The molecule has 1 heterocycles. The number of aromatic nitrogens is 2. The van der Waals surface area contributed by atoms with Gasteiger partial charge in [-0.25, -0.2) is 4.98 Å². The molecule has 1 saturated carbocycles. The van der Waals surface area contributed by atoms with E-state index in [4.69, 9.17) is 11.6 Å². The molecule has 21 heavy (non-hydrogen) atoms. The van der Waals surface area contributed by atoms with Crippen molar-refractivity contribution in [2.24, 2.45) is 0 Å². The first-order chi connectivity index (χ1) is 10.3. The van der Waals surface area contributed by atoms with Gasteiger partial charge in [-0.3, -0.25) is 0 Å². The lowest BCUT2D eigenvalue weighted by Gasteiger charge is -2.36. The maximum Gasteiger partial charge on any atom is 0.0945 e. The quantitative estimate of drug-likeness (QED) is 0.787. The van der Waals surface area contributed by atoms with Gasteiger partial charge in [-0.1, -0.05) is 23.7 Å². The zero-order valence-electron chi connectivity index (χ0n) is 12.2. The van der Waals surface area contributed by atoms with Crippen molar-refractivity contribution in [2.75, 3.05) is 6.54 Å². The van der Waals surface area contributed by atoms with Crippen LogP contribution >= 0.6 is 11.6 Å². The smallest absolute Gasteiger partial charge is 0.0945 e. The molecule has 2 aromatic rings. The lowest BCUT2D eigenvalue weighted by molar-refractivity contribution is 0.289. The summed E-state index contributed by atoms with van der Waals surface area (Å²) in [7, 11) is 0. The number of halogens is 1. The Kier molecular flexibility index (Phi) is 4.94. The molecular weight excluding hydrogens is 282 g/mol. The first-order valence-corrected chi connectivity index (χ1v) is 8.13. The van der Waals surface area contributed by atoms with E-state index in [-0.39, 0.29) is 0 Å². The van der Waals surface area contributed by atoms with Gasteiger partial charge < -0.3 is 9.88 Å². The van der Waals surface area contributed by atoms with E-state index in [1.807, 2.05) is 24.8 Å². The standard InChI is InChI=1S/C17H22ClN3/c18-16-5-3-4-14(10-16)15-11-17(12-15)20-6-1-2-8-21-9-7-19-13-21/h3-5,7,9-10,13,15,17,20H,1-2,6,8,11-12H2. The summed E-state index contributed by atoms with van der Waals surface area (Å²) in [6.07, 6.45) is 10.6. The monoisotopic (exact) mass is 303 g/mol. The fourth-order valence-electron chi connectivity index (χ4n) is 2.96. The maximum absolute atomic E-state index is 6.04. The highest BCUT2D eigenvalue weighted by molar-refractivity contribution is 6.30. The number of benzene rings is 1. The molecule has 4 heteroatoms. The lowest BCUT2D eigenvalue weighted by Crippen LogP contribution is -2.40. The third-order valence-electron chi connectivity index (χ3n) is 4.29. The minimum Gasteiger partial charge on any atom is -0.337 e. The highest BCUT2D eigenvalue weighted by Crippen LogP contribution is 2.37. The Morgan fingerprint density at radius 3 is 2.95 bits per heavy atom. The van der Waals surface area contributed by atoms with Crippen LogP contribution in [-0.2, 0) is 6.54 Å². The molecule has 0 atom stereocenters. The number of nitrogens with one attached hydrogen (secondary N) is 1. The molecule has 0 amide bonds. The Morgan fingerprint density at radius 1 is 1.29 bits per heavy atom. The summed E-state index contributed by atoms with van der Waals surface area (Å²) in [5.74, 6) is 0.687. The van der Waals surface area contributed by atoms with Crippen LogP contribution in [-0.4, -0.2) is 22.1 Å². The summed E-state index contributed by atoms with van der Waals surface area (Å²) in [6, 6.07) is 8.97. The molecule has 1 aliphatic rings. The first-order valence-electron chi connectivity index (χ1n) is 7.76. The molecule has 1 aromatic heterocycles. The molecule has 0 bridgehead atoms. The second-order valence-electron chi connectivity index (χ2n) is 5.88. The molecule has 1 N–H and O–H groups in total. The molecule has 1 aliphatic carbocycles. The Balaban J connectivity index is 1.29.